The molecule has 0 fully saturated rings. The maximum atomic E-state index is 5.87. The molecule has 0 aliphatic carbocycles. The second-order valence-electron chi connectivity index (χ2n) is 4.44. The molecule has 0 amide bonds. The highest BCUT2D eigenvalue weighted by Gasteiger charge is 2.10. The van der Waals surface area contributed by atoms with Crippen LogP contribution in [0.2, 0.25) is 0 Å². The van der Waals surface area contributed by atoms with Crippen molar-refractivity contribution in [2.45, 2.75) is 26.4 Å². The van der Waals surface area contributed by atoms with Crippen LogP contribution in [-0.4, -0.2) is 33.4 Å². The van der Waals surface area contributed by atoms with E-state index >= 15 is 0 Å². The molecular formula is C15H25NO2. The lowest BCUT2D eigenvalue weighted by molar-refractivity contribution is 0.00496. The number of rotatable bonds is 9. The first-order chi connectivity index (χ1) is 8.77. The highest BCUT2D eigenvalue weighted by Crippen LogP contribution is 2.17. The molecule has 0 saturated heterocycles. The first kappa shape index (κ1) is 15.2. The van der Waals surface area contributed by atoms with Crippen LogP contribution in [0.1, 0.15) is 30.6 Å². The smallest absolute Gasteiger partial charge is 0.0950 e. The van der Waals surface area contributed by atoms with Crippen LogP contribution in [0.15, 0.2) is 24.3 Å². The van der Waals surface area contributed by atoms with Gasteiger partial charge in [0.15, 0.2) is 0 Å². The van der Waals surface area contributed by atoms with Gasteiger partial charge in [0.25, 0.3) is 0 Å². The van der Waals surface area contributed by atoms with E-state index in [1.807, 2.05) is 7.05 Å². The fraction of sp³-hybridized carbons (Fsp3) is 0.600. The predicted molar refractivity (Wildman–Crippen MR) is 74.9 cm³/mol. The molecule has 0 aliphatic rings. The molecule has 0 spiro atoms. The number of likely N-dealkylation sites (N-methyl/N-ethyl adjacent to an activating group) is 1. The van der Waals surface area contributed by atoms with E-state index < -0.39 is 0 Å². The molecule has 0 aromatic heterocycles. The van der Waals surface area contributed by atoms with E-state index in [2.05, 4.69) is 43.4 Å². The lowest BCUT2D eigenvalue weighted by Gasteiger charge is -2.18. The van der Waals surface area contributed by atoms with Crippen LogP contribution in [0.3, 0.4) is 0 Å². The van der Waals surface area contributed by atoms with Gasteiger partial charge in [-0.3, -0.25) is 0 Å². The lowest BCUT2D eigenvalue weighted by atomic mass is 10.1. The van der Waals surface area contributed by atoms with Gasteiger partial charge in [-0.1, -0.05) is 36.8 Å². The third kappa shape index (κ3) is 5.63. The summed E-state index contributed by atoms with van der Waals surface area (Å²) in [6.07, 6.45) is 1.15. The van der Waals surface area contributed by atoms with E-state index in [0.717, 1.165) is 19.6 Å². The summed E-state index contributed by atoms with van der Waals surface area (Å²) < 4.78 is 11.3. The Morgan fingerprint density at radius 3 is 2.44 bits per heavy atom. The number of hydrogen-bond acceptors (Lipinski definition) is 3. The Hall–Kier alpha value is -0.900. The van der Waals surface area contributed by atoms with Crippen LogP contribution in [0.4, 0.5) is 0 Å². The quantitative estimate of drug-likeness (QED) is 0.685. The molecule has 1 N–H and O–H groups in total. The molecule has 1 aromatic carbocycles. The molecule has 1 atom stereocenters. The molecule has 1 unspecified atom stereocenters. The van der Waals surface area contributed by atoms with E-state index in [1.54, 1.807) is 0 Å². The van der Waals surface area contributed by atoms with Crippen LogP contribution in [0.25, 0.3) is 0 Å². The minimum Gasteiger partial charge on any atom is -0.379 e. The Kier molecular flexibility index (Phi) is 7.65. The largest absolute Gasteiger partial charge is 0.379 e. The Morgan fingerprint density at radius 2 is 1.83 bits per heavy atom. The number of benzene rings is 1. The SMILES string of the molecule is CCCOCCOC(CNC)c1ccc(C)cc1. The van der Waals surface area contributed by atoms with Crippen molar-refractivity contribution in [1.29, 1.82) is 0 Å². The second kappa shape index (κ2) is 9.09. The number of hydrogen-bond donors (Lipinski definition) is 1. The van der Waals surface area contributed by atoms with Crippen molar-refractivity contribution in [3.05, 3.63) is 35.4 Å². The monoisotopic (exact) mass is 251 g/mol. The normalized spacial score (nSPS) is 12.6. The van der Waals surface area contributed by atoms with Crippen molar-refractivity contribution in [3.8, 4) is 0 Å². The van der Waals surface area contributed by atoms with Crippen LogP contribution in [0.5, 0.6) is 0 Å². The van der Waals surface area contributed by atoms with Gasteiger partial charge in [0.05, 0.1) is 19.3 Å². The van der Waals surface area contributed by atoms with Gasteiger partial charge >= 0.3 is 0 Å². The van der Waals surface area contributed by atoms with Crippen molar-refractivity contribution in [1.82, 2.24) is 5.32 Å². The van der Waals surface area contributed by atoms with E-state index in [0.29, 0.717) is 13.2 Å². The summed E-state index contributed by atoms with van der Waals surface area (Å²) in [5.74, 6) is 0. The van der Waals surface area contributed by atoms with Crippen LogP contribution in [0, 0.1) is 6.92 Å². The summed E-state index contributed by atoms with van der Waals surface area (Å²) in [5, 5.41) is 3.17. The summed E-state index contributed by atoms with van der Waals surface area (Å²) in [6.45, 7) is 7.13. The molecule has 0 heterocycles. The number of nitrogens with one attached hydrogen (secondary N) is 1. The Bertz CT molecular complexity index is 311. The van der Waals surface area contributed by atoms with Crippen molar-refractivity contribution < 1.29 is 9.47 Å². The van der Waals surface area contributed by atoms with Gasteiger partial charge in [-0.25, -0.2) is 0 Å². The molecule has 0 bridgehead atoms. The standard InChI is InChI=1S/C15H25NO2/c1-4-9-17-10-11-18-15(12-16-3)14-7-5-13(2)6-8-14/h5-8,15-16H,4,9-12H2,1-3H3. The molecule has 1 rings (SSSR count). The summed E-state index contributed by atoms with van der Waals surface area (Å²) in [5.41, 5.74) is 2.48. The highest BCUT2D eigenvalue weighted by atomic mass is 16.5. The molecule has 0 radical (unpaired) electrons. The summed E-state index contributed by atoms with van der Waals surface area (Å²) >= 11 is 0. The summed E-state index contributed by atoms with van der Waals surface area (Å²) in [7, 11) is 1.94. The average Bonchev–Trinajstić information content (AvgIpc) is 2.38. The van der Waals surface area contributed by atoms with Crippen LogP contribution >= 0.6 is 0 Å². The third-order valence-electron chi connectivity index (χ3n) is 2.73. The molecule has 1 aromatic rings. The van der Waals surface area contributed by atoms with Gasteiger partial charge in [-0.05, 0) is 26.0 Å². The zero-order valence-corrected chi connectivity index (χ0v) is 11.7. The van der Waals surface area contributed by atoms with Crippen molar-refractivity contribution >= 4 is 0 Å². The van der Waals surface area contributed by atoms with Gasteiger partial charge < -0.3 is 14.8 Å². The Balaban J connectivity index is 2.41. The van der Waals surface area contributed by atoms with Gasteiger partial charge in [0.1, 0.15) is 0 Å². The zero-order chi connectivity index (χ0) is 13.2. The first-order valence-corrected chi connectivity index (χ1v) is 6.68. The fourth-order valence-corrected chi connectivity index (χ4v) is 1.74. The molecule has 3 heteroatoms. The molecular weight excluding hydrogens is 226 g/mol. The third-order valence-corrected chi connectivity index (χ3v) is 2.73. The van der Waals surface area contributed by atoms with Crippen molar-refractivity contribution in [2.24, 2.45) is 0 Å². The second-order valence-corrected chi connectivity index (χ2v) is 4.44. The van der Waals surface area contributed by atoms with Crippen molar-refractivity contribution in [3.63, 3.8) is 0 Å². The number of aryl methyl sites for hydroxylation is 1. The minimum atomic E-state index is 0.0980. The maximum Gasteiger partial charge on any atom is 0.0950 e. The molecule has 0 saturated carbocycles. The Labute approximate surface area is 110 Å². The van der Waals surface area contributed by atoms with Crippen molar-refractivity contribution in [2.75, 3.05) is 33.4 Å². The molecule has 3 nitrogen and oxygen atoms in total. The minimum absolute atomic E-state index is 0.0980. The molecule has 18 heavy (non-hydrogen) atoms. The van der Waals surface area contributed by atoms with Gasteiger partial charge in [-0.15, -0.1) is 0 Å². The lowest BCUT2D eigenvalue weighted by Crippen LogP contribution is -2.21. The van der Waals surface area contributed by atoms with Gasteiger partial charge in [0.2, 0.25) is 0 Å². The zero-order valence-electron chi connectivity index (χ0n) is 11.7. The van der Waals surface area contributed by atoms with E-state index in [1.165, 1.54) is 11.1 Å². The van der Waals surface area contributed by atoms with E-state index in [-0.39, 0.29) is 6.10 Å². The molecule has 102 valence electrons. The van der Waals surface area contributed by atoms with E-state index in [4.69, 9.17) is 9.47 Å². The molecule has 0 aliphatic heterocycles. The predicted octanol–water partition coefficient (Wildman–Crippen LogP) is 2.70. The Morgan fingerprint density at radius 1 is 1.11 bits per heavy atom. The fourth-order valence-electron chi connectivity index (χ4n) is 1.74. The van der Waals surface area contributed by atoms with E-state index in [9.17, 15) is 0 Å². The average molecular weight is 251 g/mol. The highest BCUT2D eigenvalue weighted by molar-refractivity contribution is 5.23. The van der Waals surface area contributed by atoms with Crippen LogP contribution in [-0.2, 0) is 9.47 Å². The maximum absolute atomic E-state index is 5.87. The summed E-state index contributed by atoms with van der Waals surface area (Å²) in [4.78, 5) is 0. The van der Waals surface area contributed by atoms with Crippen LogP contribution < -0.4 is 5.32 Å². The topological polar surface area (TPSA) is 30.5 Å². The van der Waals surface area contributed by atoms with Gasteiger partial charge in [0, 0.05) is 13.2 Å². The number of ether oxygens (including phenoxy) is 2. The summed E-state index contributed by atoms with van der Waals surface area (Å²) in [6, 6.07) is 8.50. The van der Waals surface area contributed by atoms with Gasteiger partial charge in [-0.2, -0.15) is 0 Å². The first-order valence-electron chi connectivity index (χ1n) is 6.68.